The lowest BCUT2D eigenvalue weighted by molar-refractivity contribution is -0.141. The number of carbonyl (C=O) groups is 1. The van der Waals surface area contributed by atoms with E-state index in [1.165, 1.54) is 0 Å². The number of H-pyrrole nitrogens is 1. The normalized spacial score (nSPS) is 23.1. The third-order valence-electron chi connectivity index (χ3n) is 5.89. The Hall–Kier alpha value is -2.48. The zero-order valence-corrected chi connectivity index (χ0v) is 19.1. The second kappa shape index (κ2) is 8.14. The van der Waals surface area contributed by atoms with E-state index in [9.17, 15) is 4.79 Å². The van der Waals surface area contributed by atoms with Gasteiger partial charge in [-0.25, -0.2) is 4.98 Å². The molecule has 2 aromatic carbocycles. The van der Waals surface area contributed by atoms with Gasteiger partial charge in [-0.15, -0.1) is 0 Å². The second-order valence-corrected chi connectivity index (χ2v) is 9.60. The maximum absolute atomic E-state index is 12.3. The molecule has 3 fully saturated rings. The van der Waals surface area contributed by atoms with Crippen LogP contribution in [-0.4, -0.2) is 33.2 Å². The van der Waals surface area contributed by atoms with E-state index < -0.39 is 0 Å². The molecule has 0 unspecified atom stereocenters. The SMILES string of the molecule is O=C(COc1ccc(Cl)c(Cl)c1)NC12CC(c3n[nH]c(COc4ccc(Cl)cc4)n3)(C1)C2. The molecule has 3 saturated carbocycles. The first-order chi connectivity index (χ1) is 15.3. The molecule has 0 radical (unpaired) electrons. The number of aromatic amines is 1. The summed E-state index contributed by atoms with van der Waals surface area (Å²) in [5.74, 6) is 2.47. The Balaban J connectivity index is 1.09. The van der Waals surface area contributed by atoms with Crippen molar-refractivity contribution < 1.29 is 14.3 Å². The van der Waals surface area contributed by atoms with Gasteiger partial charge in [0.25, 0.3) is 5.91 Å². The average Bonchev–Trinajstić information content (AvgIpc) is 3.19. The summed E-state index contributed by atoms with van der Waals surface area (Å²) in [4.78, 5) is 16.9. The third-order valence-corrected chi connectivity index (χ3v) is 6.88. The number of amides is 1. The number of hydrogen-bond donors (Lipinski definition) is 2. The van der Waals surface area contributed by atoms with Crippen molar-refractivity contribution in [3.63, 3.8) is 0 Å². The Morgan fingerprint density at radius 2 is 1.72 bits per heavy atom. The number of nitrogens with one attached hydrogen (secondary N) is 2. The minimum atomic E-state index is -0.196. The van der Waals surface area contributed by atoms with E-state index in [2.05, 4.69) is 20.5 Å². The predicted molar refractivity (Wildman–Crippen MR) is 121 cm³/mol. The minimum Gasteiger partial charge on any atom is -0.486 e. The highest BCUT2D eigenvalue weighted by atomic mass is 35.5. The lowest BCUT2D eigenvalue weighted by atomic mass is 9.39. The van der Waals surface area contributed by atoms with Crippen molar-refractivity contribution in [1.82, 2.24) is 20.5 Å². The van der Waals surface area contributed by atoms with Crippen LogP contribution in [0, 0.1) is 0 Å². The summed E-state index contributed by atoms with van der Waals surface area (Å²) in [7, 11) is 0. The summed E-state index contributed by atoms with van der Waals surface area (Å²) >= 11 is 17.7. The smallest absolute Gasteiger partial charge is 0.258 e. The van der Waals surface area contributed by atoms with Crippen molar-refractivity contribution >= 4 is 40.7 Å². The van der Waals surface area contributed by atoms with Gasteiger partial charge in [0.2, 0.25) is 0 Å². The molecule has 10 heteroatoms. The number of aromatic nitrogens is 3. The van der Waals surface area contributed by atoms with Gasteiger partial charge in [0.05, 0.1) is 10.0 Å². The summed E-state index contributed by atoms with van der Waals surface area (Å²) in [5, 5.41) is 11.9. The molecule has 0 spiro atoms. The molecule has 6 rings (SSSR count). The van der Waals surface area contributed by atoms with E-state index in [0.717, 1.165) is 25.1 Å². The van der Waals surface area contributed by atoms with Crippen LogP contribution in [-0.2, 0) is 16.8 Å². The first kappa shape index (κ1) is 21.4. The Bertz CT molecular complexity index is 1150. The van der Waals surface area contributed by atoms with Crippen LogP contribution in [0.25, 0.3) is 0 Å². The molecule has 0 saturated heterocycles. The molecule has 7 nitrogen and oxygen atoms in total. The number of hydrogen-bond acceptors (Lipinski definition) is 5. The first-order valence-electron chi connectivity index (χ1n) is 10.0. The highest BCUT2D eigenvalue weighted by molar-refractivity contribution is 6.42. The summed E-state index contributed by atoms with van der Waals surface area (Å²) in [6, 6.07) is 12.0. The molecule has 3 aliphatic rings. The highest BCUT2D eigenvalue weighted by Crippen LogP contribution is 2.67. The minimum absolute atomic E-state index is 0.0765. The van der Waals surface area contributed by atoms with Crippen LogP contribution in [0.3, 0.4) is 0 Å². The van der Waals surface area contributed by atoms with E-state index >= 15 is 0 Å². The van der Waals surface area contributed by atoms with Gasteiger partial charge in [-0.2, -0.15) is 5.10 Å². The molecule has 1 amide bonds. The quantitative estimate of drug-likeness (QED) is 0.474. The highest BCUT2D eigenvalue weighted by Gasteiger charge is 2.71. The molecule has 2 bridgehead atoms. The Kier molecular flexibility index (Phi) is 5.43. The Morgan fingerprint density at radius 1 is 1.00 bits per heavy atom. The number of nitrogens with zero attached hydrogens (tertiary/aromatic N) is 2. The zero-order chi connectivity index (χ0) is 22.3. The van der Waals surface area contributed by atoms with Crippen molar-refractivity contribution in [2.45, 2.75) is 36.8 Å². The molecule has 1 aromatic heterocycles. The van der Waals surface area contributed by atoms with Gasteiger partial charge in [0.15, 0.2) is 18.3 Å². The lowest BCUT2D eigenvalue weighted by Crippen LogP contribution is -2.77. The molecule has 166 valence electrons. The van der Waals surface area contributed by atoms with Gasteiger partial charge in [-0.3, -0.25) is 9.89 Å². The number of rotatable bonds is 8. The molecule has 32 heavy (non-hydrogen) atoms. The van der Waals surface area contributed by atoms with Crippen LogP contribution >= 0.6 is 34.8 Å². The number of carbonyl (C=O) groups excluding carboxylic acids is 1. The van der Waals surface area contributed by atoms with E-state index in [0.29, 0.717) is 39.0 Å². The largest absolute Gasteiger partial charge is 0.486 e. The van der Waals surface area contributed by atoms with Crippen LogP contribution in [0.1, 0.15) is 30.9 Å². The van der Waals surface area contributed by atoms with Crippen LogP contribution in [0.4, 0.5) is 0 Å². The summed E-state index contributed by atoms with van der Waals surface area (Å²) in [6.45, 7) is 0.207. The zero-order valence-electron chi connectivity index (χ0n) is 16.8. The Labute approximate surface area is 199 Å². The van der Waals surface area contributed by atoms with Crippen LogP contribution in [0.2, 0.25) is 15.1 Å². The number of halogens is 3. The summed E-state index contributed by atoms with van der Waals surface area (Å²) in [5.41, 5.74) is -0.272. The van der Waals surface area contributed by atoms with E-state index in [1.807, 2.05) is 0 Å². The van der Waals surface area contributed by atoms with Gasteiger partial charge in [0.1, 0.15) is 18.1 Å². The van der Waals surface area contributed by atoms with E-state index in [4.69, 9.17) is 44.3 Å². The predicted octanol–water partition coefficient (Wildman–Crippen LogP) is 4.71. The maximum atomic E-state index is 12.3. The molecule has 2 N–H and O–H groups in total. The molecule has 1 heterocycles. The van der Waals surface area contributed by atoms with Gasteiger partial charge in [-0.1, -0.05) is 34.8 Å². The van der Waals surface area contributed by atoms with Crippen LogP contribution in [0.15, 0.2) is 42.5 Å². The lowest BCUT2D eigenvalue weighted by Gasteiger charge is -2.69. The topological polar surface area (TPSA) is 89.1 Å². The van der Waals surface area contributed by atoms with Crippen LogP contribution in [0.5, 0.6) is 11.5 Å². The van der Waals surface area contributed by atoms with Crippen molar-refractivity contribution in [2.75, 3.05) is 6.61 Å². The fourth-order valence-corrected chi connectivity index (χ4v) is 4.90. The van der Waals surface area contributed by atoms with Gasteiger partial charge >= 0.3 is 0 Å². The first-order valence-corrected chi connectivity index (χ1v) is 11.2. The molecule has 3 aromatic rings. The fraction of sp³-hybridized carbons (Fsp3) is 0.318. The second-order valence-electron chi connectivity index (χ2n) is 8.35. The maximum Gasteiger partial charge on any atom is 0.258 e. The average molecular weight is 494 g/mol. The molecular weight excluding hydrogens is 475 g/mol. The van der Waals surface area contributed by atoms with Crippen molar-refractivity contribution in [1.29, 1.82) is 0 Å². The molecule has 0 atom stereocenters. The third kappa shape index (κ3) is 4.12. The number of ether oxygens (including phenoxy) is 2. The summed E-state index contributed by atoms with van der Waals surface area (Å²) in [6.07, 6.45) is 2.44. The van der Waals surface area contributed by atoms with Crippen molar-refractivity contribution in [3.8, 4) is 11.5 Å². The van der Waals surface area contributed by atoms with Gasteiger partial charge in [0, 0.05) is 22.0 Å². The van der Waals surface area contributed by atoms with Gasteiger partial charge < -0.3 is 14.8 Å². The molecular formula is C22H19Cl3N4O3. The van der Waals surface area contributed by atoms with Gasteiger partial charge in [-0.05, 0) is 55.7 Å². The Morgan fingerprint density at radius 3 is 2.44 bits per heavy atom. The standard InChI is InChI=1S/C22H19Cl3N4O3/c23-13-1-3-14(4-2-13)31-8-18-26-20(29-28-18)21-10-22(11-21,12-21)27-19(30)9-32-15-5-6-16(24)17(25)7-15/h1-7H,8-12H2,(H,27,30)(H,26,28,29). The van der Waals surface area contributed by atoms with E-state index in [-0.39, 0.29) is 23.5 Å². The molecule has 0 aliphatic heterocycles. The van der Waals surface area contributed by atoms with Crippen molar-refractivity contribution in [3.05, 3.63) is 69.2 Å². The molecule has 3 aliphatic carbocycles. The monoisotopic (exact) mass is 492 g/mol. The van der Waals surface area contributed by atoms with Crippen LogP contribution < -0.4 is 14.8 Å². The fourth-order valence-electron chi connectivity index (χ4n) is 4.48. The number of benzene rings is 2. The van der Waals surface area contributed by atoms with Crippen molar-refractivity contribution in [2.24, 2.45) is 0 Å². The summed E-state index contributed by atoms with van der Waals surface area (Å²) < 4.78 is 11.2. The van der Waals surface area contributed by atoms with E-state index in [1.54, 1.807) is 42.5 Å².